The van der Waals surface area contributed by atoms with Crippen molar-refractivity contribution in [1.29, 1.82) is 0 Å². The molecule has 88 valence electrons. The number of hydrogen-bond donors (Lipinski definition) is 1. The van der Waals surface area contributed by atoms with E-state index in [4.69, 9.17) is 4.74 Å². The third-order valence-electron chi connectivity index (χ3n) is 2.77. The molecule has 5 heteroatoms. The van der Waals surface area contributed by atoms with Crippen molar-refractivity contribution < 1.29 is 17.9 Å². The summed E-state index contributed by atoms with van der Waals surface area (Å²) in [7, 11) is 1.54. The first-order valence-electron chi connectivity index (χ1n) is 4.96. The van der Waals surface area contributed by atoms with Gasteiger partial charge in [0.05, 0.1) is 7.11 Å². The lowest BCUT2D eigenvalue weighted by atomic mass is 9.95. The van der Waals surface area contributed by atoms with Crippen LogP contribution in [0.3, 0.4) is 0 Å². The van der Waals surface area contributed by atoms with Crippen LogP contribution in [0.4, 0.5) is 13.2 Å². The van der Waals surface area contributed by atoms with Gasteiger partial charge in [-0.25, -0.2) is 0 Å². The number of alkyl halides is 3. The van der Waals surface area contributed by atoms with Gasteiger partial charge >= 0.3 is 6.18 Å². The maximum atomic E-state index is 12.5. The van der Waals surface area contributed by atoms with Crippen molar-refractivity contribution in [2.24, 2.45) is 0 Å². The van der Waals surface area contributed by atoms with Crippen LogP contribution in [-0.4, -0.2) is 19.3 Å². The van der Waals surface area contributed by atoms with Gasteiger partial charge in [0, 0.05) is 6.54 Å². The zero-order valence-electron chi connectivity index (χ0n) is 8.77. The molecule has 0 saturated carbocycles. The Morgan fingerprint density at radius 1 is 1.31 bits per heavy atom. The summed E-state index contributed by atoms with van der Waals surface area (Å²) in [6.07, 6.45) is -4.19. The summed E-state index contributed by atoms with van der Waals surface area (Å²) in [6.45, 7) is 0.233. The number of benzene rings is 1. The Morgan fingerprint density at radius 2 is 2.06 bits per heavy atom. The Bertz CT molecular complexity index is 389. The Labute approximate surface area is 91.4 Å². The summed E-state index contributed by atoms with van der Waals surface area (Å²) in [5.41, 5.74) is 1.61. The monoisotopic (exact) mass is 231 g/mol. The Balaban J connectivity index is 2.22. The summed E-state index contributed by atoms with van der Waals surface area (Å²) in [5, 5.41) is 2.49. The van der Waals surface area contributed by atoms with Crippen LogP contribution in [0.1, 0.15) is 11.1 Å². The second-order valence-corrected chi connectivity index (χ2v) is 3.81. The van der Waals surface area contributed by atoms with E-state index in [0.29, 0.717) is 5.75 Å². The number of fused-ring (bicyclic) bond motifs is 1. The van der Waals surface area contributed by atoms with E-state index >= 15 is 0 Å². The SMILES string of the molecule is COc1ccc2c(c1)CNC(C(F)(F)F)C2. The van der Waals surface area contributed by atoms with Crippen molar-refractivity contribution >= 4 is 0 Å². The van der Waals surface area contributed by atoms with Gasteiger partial charge in [0.1, 0.15) is 11.8 Å². The van der Waals surface area contributed by atoms with Crippen molar-refractivity contribution in [3.8, 4) is 5.75 Å². The molecular weight excluding hydrogens is 219 g/mol. The second-order valence-electron chi connectivity index (χ2n) is 3.81. The van der Waals surface area contributed by atoms with Crippen molar-refractivity contribution in [2.45, 2.75) is 25.2 Å². The molecule has 1 unspecified atom stereocenters. The molecular formula is C11H12F3NO. The minimum Gasteiger partial charge on any atom is -0.497 e. The molecule has 0 aromatic heterocycles. The molecule has 1 aromatic rings. The fourth-order valence-electron chi connectivity index (χ4n) is 1.85. The molecule has 0 spiro atoms. The highest BCUT2D eigenvalue weighted by Gasteiger charge is 2.41. The third kappa shape index (κ3) is 2.14. The Hall–Kier alpha value is -1.23. The summed E-state index contributed by atoms with van der Waals surface area (Å²) < 4.78 is 42.5. The molecule has 1 N–H and O–H groups in total. The molecule has 1 heterocycles. The quantitative estimate of drug-likeness (QED) is 0.800. The highest BCUT2D eigenvalue weighted by molar-refractivity contribution is 5.37. The van der Waals surface area contributed by atoms with Crippen LogP contribution in [0.2, 0.25) is 0 Å². The van der Waals surface area contributed by atoms with Crippen LogP contribution in [-0.2, 0) is 13.0 Å². The lowest BCUT2D eigenvalue weighted by Crippen LogP contribution is -2.46. The topological polar surface area (TPSA) is 21.3 Å². The first kappa shape index (κ1) is 11.3. The molecule has 0 bridgehead atoms. The molecule has 1 aliphatic rings. The number of halogens is 3. The Morgan fingerprint density at radius 3 is 2.69 bits per heavy atom. The average Bonchev–Trinajstić information content (AvgIpc) is 2.26. The third-order valence-corrected chi connectivity index (χ3v) is 2.77. The van der Waals surface area contributed by atoms with Gasteiger partial charge < -0.3 is 10.1 Å². The van der Waals surface area contributed by atoms with Gasteiger partial charge in [-0.3, -0.25) is 0 Å². The van der Waals surface area contributed by atoms with E-state index in [2.05, 4.69) is 5.32 Å². The zero-order chi connectivity index (χ0) is 11.8. The van der Waals surface area contributed by atoms with E-state index in [0.717, 1.165) is 11.1 Å². The minimum atomic E-state index is -4.18. The fourth-order valence-corrected chi connectivity index (χ4v) is 1.85. The van der Waals surface area contributed by atoms with E-state index < -0.39 is 12.2 Å². The maximum Gasteiger partial charge on any atom is 0.404 e. The maximum absolute atomic E-state index is 12.5. The van der Waals surface area contributed by atoms with Crippen LogP contribution in [0, 0.1) is 0 Å². The van der Waals surface area contributed by atoms with Crippen molar-refractivity contribution in [3.05, 3.63) is 29.3 Å². The van der Waals surface area contributed by atoms with Gasteiger partial charge in [0.25, 0.3) is 0 Å². The highest BCUT2D eigenvalue weighted by atomic mass is 19.4. The van der Waals surface area contributed by atoms with Crippen molar-refractivity contribution in [2.75, 3.05) is 7.11 Å². The van der Waals surface area contributed by atoms with E-state index in [1.807, 2.05) is 0 Å². The van der Waals surface area contributed by atoms with Gasteiger partial charge in [0.15, 0.2) is 0 Å². The van der Waals surface area contributed by atoms with Gasteiger partial charge in [-0.05, 0) is 29.7 Å². The van der Waals surface area contributed by atoms with Crippen LogP contribution >= 0.6 is 0 Å². The first-order chi connectivity index (χ1) is 7.50. The number of hydrogen-bond acceptors (Lipinski definition) is 2. The number of ether oxygens (including phenoxy) is 1. The number of rotatable bonds is 1. The summed E-state index contributed by atoms with van der Waals surface area (Å²) in [6, 6.07) is 3.73. The molecule has 2 rings (SSSR count). The van der Waals surface area contributed by atoms with Crippen molar-refractivity contribution in [3.63, 3.8) is 0 Å². The lowest BCUT2D eigenvalue weighted by molar-refractivity contribution is -0.157. The molecule has 0 aliphatic carbocycles. The molecule has 0 fully saturated rings. The van der Waals surface area contributed by atoms with Crippen molar-refractivity contribution in [1.82, 2.24) is 5.32 Å². The lowest BCUT2D eigenvalue weighted by Gasteiger charge is -2.28. The summed E-state index contributed by atoms with van der Waals surface area (Å²) in [5.74, 6) is 0.672. The van der Waals surface area contributed by atoms with Crippen LogP contribution < -0.4 is 10.1 Å². The van der Waals surface area contributed by atoms with Gasteiger partial charge in [-0.2, -0.15) is 13.2 Å². The minimum absolute atomic E-state index is 0.0111. The van der Waals surface area contributed by atoms with Crippen LogP contribution in [0.15, 0.2) is 18.2 Å². The predicted molar refractivity (Wildman–Crippen MR) is 53.4 cm³/mol. The summed E-state index contributed by atoms with van der Waals surface area (Å²) >= 11 is 0. The second kappa shape index (κ2) is 3.97. The zero-order valence-corrected chi connectivity index (χ0v) is 8.77. The predicted octanol–water partition coefficient (Wildman–Crippen LogP) is 2.27. The molecule has 1 atom stereocenters. The van der Waals surface area contributed by atoms with E-state index in [1.165, 1.54) is 7.11 Å². The molecule has 1 aromatic carbocycles. The van der Waals surface area contributed by atoms with E-state index in [9.17, 15) is 13.2 Å². The average molecular weight is 231 g/mol. The smallest absolute Gasteiger partial charge is 0.404 e. The number of methoxy groups -OCH3 is 1. The molecule has 0 amide bonds. The molecule has 0 saturated heterocycles. The van der Waals surface area contributed by atoms with Gasteiger partial charge in [-0.15, -0.1) is 0 Å². The standard InChI is InChI=1S/C11H12F3NO/c1-16-9-3-2-7-5-10(11(12,13)14)15-6-8(7)4-9/h2-4,10,15H,5-6H2,1H3. The van der Waals surface area contributed by atoms with E-state index in [1.54, 1.807) is 18.2 Å². The first-order valence-corrected chi connectivity index (χ1v) is 4.96. The van der Waals surface area contributed by atoms with Crippen LogP contribution in [0.25, 0.3) is 0 Å². The normalized spacial score (nSPS) is 20.4. The number of nitrogens with one attached hydrogen (secondary N) is 1. The van der Waals surface area contributed by atoms with Gasteiger partial charge in [0.2, 0.25) is 0 Å². The molecule has 2 nitrogen and oxygen atoms in total. The van der Waals surface area contributed by atoms with Gasteiger partial charge in [-0.1, -0.05) is 6.07 Å². The van der Waals surface area contributed by atoms with Crippen LogP contribution in [0.5, 0.6) is 5.75 Å². The molecule has 1 aliphatic heterocycles. The summed E-state index contributed by atoms with van der Waals surface area (Å²) in [4.78, 5) is 0. The fraction of sp³-hybridized carbons (Fsp3) is 0.455. The largest absolute Gasteiger partial charge is 0.497 e. The molecule has 16 heavy (non-hydrogen) atoms. The Kier molecular flexibility index (Phi) is 2.80. The molecule has 0 radical (unpaired) electrons. The van der Waals surface area contributed by atoms with E-state index in [-0.39, 0.29) is 13.0 Å². The highest BCUT2D eigenvalue weighted by Crippen LogP contribution is 2.29.